The lowest BCUT2D eigenvalue weighted by atomic mass is 9.92. The summed E-state index contributed by atoms with van der Waals surface area (Å²) >= 11 is 0. The van der Waals surface area contributed by atoms with Crippen molar-refractivity contribution in [3.8, 4) is 0 Å². The van der Waals surface area contributed by atoms with Crippen molar-refractivity contribution in [2.75, 3.05) is 0 Å². The van der Waals surface area contributed by atoms with E-state index >= 15 is 0 Å². The van der Waals surface area contributed by atoms with Crippen LogP contribution in [-0.4, -0.2) is 4.98 Å². The average Bonchev–Trinajstić information content (AvgIpc) is 3.60. The molecule has 0 aromatic carbocycles. The summed E-state index contributed by atoms with van der Waals surface area (Å²) in [6, 6.07) is 0.617. The molecule has 0 spiro atoms. The van der Waals surface area contributed by atoms with E-state index in [1.165, 1.54) is 244 Å². The number of unbranched alkanes of at least 4 members (excludes halogenated alkanes) is 32. The molecule has 1 aromatic rings. The van der Waals surface area contributed by atoms with E-state index in [0.717, 1.165) is 0 Å². The van der Waals surface area contributed by atoms with Gasteiger partial charge in [0, 0.05) is 0 Å². The smallest absolute Gasteiger partial charge is 0.247 e. The molecule has 0 amide bonds. The van der Waals surface area contributed by atoms with E-state index in [4.69, 9.17) is 0 Å². The van der Waals surface area contributed by atoms with Gasteiger partial charge in [-0.2, -0.15) is 0 Å². The van der Waals surface area contributed by atoms with Crippen molar-refractivity contribution >= 4 is 0 Å². The SMILES string of the molecule is CCCCCCCCCCCCCCCCC(CCCCCCCCC)c1[nH]cc[n+]1C(C)CCCCCCCCCCCCCCCC. The summed E-state index contributed by atoms with van der Waals surface area (Å²) < 4.78 is 2.65. The number of rotatable bonds is 40. The highest BCUT2D eigenvalue weighted by molar-refractivity contribution is 4.90. The molecule has 0 saturated heterocycles. The molecule has 1 aromatic heterocycles. The zero-order valence-electron chi connectivity index (χ0n) is 34.6. The maximum atomic E-state index is 3.77. The third-order valence-electron chi connectivity index (χ3n) is 11.6. The van der Waals surface area contributed by atoms with Crippen LogP contribution in [0.4, 0.5) is 0 Å². The van der Waals surface area contributed by atoms with E-state index in [2.05, 4.69) is 49.6 Å². The van der Waals surface area contributed by atoms with Gasteiger partial charge in [0.25, 0.3) is 5.82 Å². The molecule has 0 bridgehead atoms. The van der Waals surface area contributed by atoms with Crippen molar-refractivity contribution in [3.63, 3.8) is 0 Å². The largest absolute Gasteiger partial charge is 0.257 e. The number of aromatic amines is 1. The minimum absolute atomic E-state index is 0.617. The molecule has 2 nitrogen and oxygen atoms in total. The van der Waals surface area contributed by atoms with Crippen LogP contribution in [0.25, 0.3) is 0 Å². The lowest BCUT2D eigenvalue weighted by Gasteiger charge is -2.17. The second-order valence-corrected chi connectivity index (χ2v) is 16.5. The Balaban J connectivity index is 2.31. The Morgan fingerprint density at radius 1 is 0.388 bits per heavy atom. The first kappa shape index (κ1) is 46.2. The van der Waals surface area contributed by atoms with Crippen molar-refractivity contribution in [2.45, 2.75) is 284 Å². The fourth-order valence-electron chi connectivity index (χ4n) is 8.20. The van der Waals surface area contributed by atoms with E-state index in [-0.39, 0.29) is 0 Å². The molecule has 1 N–H and O–H groups in total. The van der Waals surface area contributed by atoms with Crippen LogP contribution >= 0.6 is 0 Å². The van der Waals surface area contributed by atoms with Gasteiger partial charge in [-0.3, -0.25) is 0 Å². The van der Waals surface area contributed by atoms with Crippen molar-refractivity contribution in [3.05, 3.63) is 18.2 Å². The van der Waals surface area contributed by atoms with E-state index in [9.17, 15) is 0 Å². The number of nitrogens with zero attached hydrogens (tertiary/aromatic N) is 1. The highest BCUT2D eigenvalue weighted by Gasteiger charge is 2.25. The van der Waals surface area contributed by atoms with Gasteiger partial charge in [0.1, 0.15) is 12.4 Å². The van der Waals surface area contributed by atoms with Gasteiger partial charge < -0.3 is 0 Å². The number of nitrogens with one attached hydrogen (secondary N) is 1. The summed E-state index contributed by atoms with van der Waals surface area (Å²) in [5, 5.41) is 0. The number of H-pyrrole nitrogens is 1. The Morgan fingerprint density at radius 3 is 0.959 bits per heavy atom. The first-order valence-corrected chi connectivity index (χ1v) is 23.3. The topological polar surface area (TPSA) is 19.7 Å². The number of hydrogen-bond donors (Lipinski definition) is 1. The molecule has 0 radical (unpaired) electrons. The minimum atomic E-state index is 0.617. The monoisotopic (exact) mass is 686 g/mol. The molecular formula is C47H93N2+. The molecule has 0 aliphatic rings. The van der Waals surface area contributed by atoms with E-state index in [1.807, 2.05) is 0 Å². The van der Waals surface area contributed by atoms with Gasteiger partial charge in [0.2, 0.25) is 0 Å². The molecule has 2 heteroatoms. The normalized spacial score (nSPS) is 13.0. The standard InChI is InChI=1S/C47H92N2/c1-5-8-11-14-17-19-21-23-25-27-29-32-34-37-40-45(4)49-44-43-48-47(49)46(41-38-35-31-16-13-10-7-3)42-39-36-33-30-28-26-24-22-20-18-15-12-9-6-2/h43-46H,5-42H2,1-4H3/p+1. The second kappa shape index (κ2) is 37.0. The van der Waals surface area contributed by atoms with Crippen molar-refractivity contribution < 1.29 is 4.57 Å². The van der Waals surface area contributed by atoms with Crippen molar-refractivity contribution in [1.82, 2.24) is 4.98 Å². The Kier molecular flexibility index (Phi) is 34.9. The molecule has 0 fully saturated rings. The highest BCUT2D eigenvalue weighted by atomic mass is 15.1. The minimum Gasteiger partial charge on any atom is -0.247 e. The molecular weight excluding hydrogens is 593 g/mol. The van der Waals surface area contributed by atoms with Gasteiger partial charge in [0.15, 0.2) is 0 Å². The Hall–Kier alpha value is -0.790. The van der Waals surface area contributed by atoms with Crippen LogP contribution in [0.1, 0.15) is 289 Å². The van der Waals surface area contributed by atoms with Crippen LogP contribution in [0.3, 0.4) is 0 Å². The highest BCUT2D eigenvalue weighted by Crippen LogP contribution is 2.27. The van der Waals surface area contributed by atoms with Gasteiger partial charge in [-0.15, -0.1) is 0 Å². The summed E-state index contributed by atoms with van der Waals surface area (Å²) in [7, 11) is 0. The molecule has 0 aliphatic heterocycles. The van der Waals surface area contributed by atoms with E-state index < -0.39 is 0 Å². The molecule has 0 aliphatic carbocycles. The maximum absolute atomic E-state index is 3.77. The molecule has 49 heavy (non-hydrogen) atoms. The summed E-state index contributed by atoms with van der Waals surface area (Å²) in [4.78, 5) is 3.77. The van der Waals surface area contributed by atoms with Gasteiger partial charge in [-0.1, -0.05) is 239 Å². The number of hydrogen-bond acceptors (Lipinski definition) is 0. The predicted molar refractivity (Wildman–Crippen MR) is 221 cm³/mol. The number of imidazole rings is 1. The fourth-order valence-corrected chi connectivity index (χ4v) is 8.20. The van der Waals surface area contributed by atoms with Crippen LogP contribution < -0.4 is 4.57 Å². The van der Waals surface area contributed by atoms with Gasteiger partial charge >= 0.3 is 0 Å². The first-order valence-electron chi connectivity index (χ1n) is 23.3. The van der Waals surface area contributed by atoms with Crippen molar-refractivity contribution in [1.29, 1.82) is 0 Å². The fraction of sp³-hybridized carbons (Fsp3) is 0.936. The Morgan fingerprint density at radius 2 is 0.653 bits per heavy atom. The van der Waals surface area contributed by atoms with E-state index in [1.54, 1.807) is 5.82 Å². The van der Waals surface area contributed by atoms with Crippen molar-refractivity contribution in [2.24, 2.45) is 0 Å². The summed E-state index contributed by atoms with van der Waals surface area (Å²) in [5.74, 6) is 2.25. The maximum Gasteiger partial charge on any atom is 0.257 e. The third-order valence-corrected chi connectivity index (χ3v) is 11.6. The Labute approximate surface area is 310 Å². The van der Waals surface area contributed by atoms with Gasteiger partial charge in [0.05, 0.1) is 12.0 Å². The van der Waals surface area contributed by atoms with Crippen LogP contribution in [-0.2, 0) is 0 Å². The second-order valence-electron chi connectivity index (χ2n) is 16.5. The van der Waals surface area contributed by atoms with Crippen LogP contribution in [0.5, 0.6) is 0 Å². The molecule has 0 saturated carbocycles. The quantitative estimate of drug-likeness (QED) is 0.0524. The molecule has 290 valence electrons. The average molecular weight is 686 g/mol. The predicted octanol–water partition coefficient (Wildman–Crippen LogP) is 16.8. The zero-order chi connectivity index (χ0) is 35.3. The lowest BCUT2D eigenvalue weighted by Crippen LogP contribution is -2.41. The first-order chi connectivity index (χ1) is 24.2. The van der Waals surface area contributed by atoms with Gasteiger partial charge in [-0.25, -0.2) is 9.55 Å². The molecule has 2 unspecified atom stereocenters. The lowest BCUT2D eigenvalue weighted by molar-refractivity contribution is -0.727. The molecule has 1 heterocycles. The summed E-state index contributed by atoms with van der Waals surface area (Å²) in [6.45, 7) is 9.44. The molecule has 2 atom stereocenters. The van der Waals surface area contributed by atoms with E-state index in [0.29, 0.717) is 12.0 Å². The van der Waals surface area contributed by atoms with Crippen LogP contribution in [0.15, 0.2) is 12.4 Å². The van der Waals surface area contributed by atoms with Gasteiger partial charge in [-0.05, 0) is 32.6 Å². The Bertz CT molecular complexity index is 753. The van der Waals surface area contributed by atoms with Crippen LogP contribution in [0, 0.1) is 0 Å². The summed E-state index contributed by atoms with van der Waals surface area (Å²) in [6.07, 6.45) is 59.1. The third kappa shape index (κ3) is 28.5. The van der Waals surface area contributed by atoms with Crippen LogP contribution in [0.2, 0.25) is 0 Å². The summed E-state index contributed by atoms with van der Waals surface area (Å²) in [5.41, 5.74) is 0. The zero-order valence-corrected chi connectivity index (χ0v) is 34.6. The number of aromatic nitrogens is 2. The molecule has 1 rings (SSSR count).